The number of nitrogens with one attached hydrogen (secondary N) is 2. The van der Waals surface area contributed by atoms with Crippen LogP contribution in [0, 0.1) is 0 Å². The maximum absolute atomic E-state index is 5.71. The third kappa shape index (κ3) is 8.47. The first-order valence-electron chi connectivity index (χ1n) is 9.02. The first-order chi connectivity index (χ1) is 12.7. The van der Waals surface area contributed by atoms with Gasteiger partial charge in [-0.25, -0.2) is 9.98 Å². The van der Waals surface area contributed by atoms with E-state index in [-0.39, 0.29) is 24.0 Å². The molecule has 2 N–H and O–H groups in total. The van der Waals surface area contributed by atoms with Gasteiger partial charge in [-0.1, -0.05) is 24.3 Å². The number of benzene rings is 1. The number of halogens is 1. The fourth-order valence-electron chi connectivity index (χ4n) is 2.45. The zero-order valence-electron chi connectivity index (χ0n) is 16.3. The molecule has 0 atom stereocenters. The van der Waals surface area contributed by atoms with E-state index in [0.29, 0.717) is 13.2 Å². The van der Waals surface area contributed by atoms with Gasteiger partial charge in [-0.3, -0.25) is 0 Å². The monoisotopic (exact) mass is 483 g/mol. The van der Waals surface area contributed by atoms with E-state index in [1.54, 1.807) is 6.20 Å². The smallest absolute Gasteiger partial charge is 0.191 e. The van der Waals surface area contributed by atoms with Gasteiger partial charge in [-0.15, -0.1) is 24.0 Å². The molecule has 0 fully saturated rings. The SMILES string of the molecule is CCNC(=NCc1cccnc1N(C)C)NCCCOc1ccccc1.I. The van der Waals surface area contributed by atoms with Crippen molar-refractivity contribution in [2.75, 3.05) is 38.7 Å². The van der Waals surface area contributed by atoms with Crippen molar-refractivity contribution in [3.63, 3.8) is 0 Å². The molecule has 0 aliphatic rings. The van der Waals surface area contributed by atoms with Crippen molar-refractivity contribution >= 4 is 35.8 Å². The molecule has 1 aromatic heterocycles. The second-order valence-corrected chi connectivity index (χ2v) is 6.02. The number of ether oxygens (including phenoxy) is 1. The minimum Gasteiger partial charge on any atom is -0.494 e. The van der Waals surface area contributed by atoms with Gasteiger partial charge in [0.1, 0.15) is 11.6 Å². The van der Waals surface area contributed by atoms with Crippen molar-refractivity contribution in [3.05, 3.63) is 54.2 Å². The molecule has 0 spiro atoms. The standard InChI is InChI=1S/C20H29N5O.HI/c1-4-21-20(23-14-9-15-26-18-11-6-5-7-12-18)24-16-17-10-8-13-22-19(17)25(2)3;/h5-8,10-13H,4,9,14-16H2,1-3H3,(H2,21,23,24);1H. The highest BCUT2D eigenvalue weighted by Gasteiger charge is 2.05. The van der Waals surface area contributed by atoms with Crippen molar-refractivity contribution in [1.29, 1.82) is 0 Å². The number of nitrogens with zero attached hydrogens (tertiary/aromatic N) is 3. The van der Waals surface area contributed by atoms with E-state index in [1.807, 2.05) is 55.4 Å². The Kier molecular flexibility index (Phi) is 11.2. The van der Waals surface area contributed by atoms with Gasteiger partial charge in [0.05, 0.1) is 13.2 Å². The highest BCUT2D eigenvalue weighted by atomic mass is 127. The highest BCUT2D eigenvalue weighted by molar-refractivity contribution is 14.0. The largest absolute Gasteiger partial charge is 0.494 e. The zero-order chi connectivity index (χ0) is 18.6. The summed E-state index contributed by atoms with van der Waals surface area (Å²) in [6.07, 6.45) is 2.70. The van der Waals surface area contributed by atoms with Crippen LogP contribution in [-0.4, -0.2) is 44.7 Å². The normalized spacial score (nSPS) is 10.7. The van der Waals surface area contributed by atoms with Gasteiger partial charge in [-0.05, 0) is 31.5 Å². The number of aliphatic imine (C=N–C) groups is 1. The lowest BCUT2D eigenvalue weighted by Gasteiger charge is -2.15. The van der Waals surface area contributed by atoms with Crippen molar-refractivity contribution < 1.29 is 4.74 Å². The van der Waals surface area contributed by atoms with Crippen LogP contribution in [0.4, 0.5) is 5.82 Å². The highest BCUT2D eigenvalue weighted by Crippen LogP contribution is 2.15. The van der Waals surface area contributed by atoms with E-state index in [9.17, 15) is 0 Å². The molecule has 2 rings (SSSR count). The van der Waals surface area contributed by atoms with E-state index in [0.717, 1.165) is 42.6 Å². The average Bonchev–Trinajstić information content (AvgIpc) is 2.66. The molecule has 0 aliphatic heterocycles. The number of anilines is 1. The van der Waals surface area contributed by atoms with Crippen LogP contribution >= 0.6 is 24.0 Å². The third-order valence-corrected chi connectivity index (χ3v) is 3.67. The van der Waals surface area contributed by atoms with Crippen molar-refractivity contribution in [1.82, 2.24) is 15.6 Å². The molecule has 27 heavy (non-hydrogen) atoms. The third-order valence-electron chi connectivity index (χ3n) is 3.67. The molecule has 0 saturated carbocycles. The summed E-state index contributed by atoms with van der Waals surface area (Å²) in [5.41, 5.74) is 1.10. The molecule has 7 heteroatoms. The average molecular weight is 483 g/mol. The van der Waals surface area contributed by atoms with E-state index in [1.165, 1.54) is 0 Å². The van der Waals surface area contributed by atoms with Gasteiger partial charge in [0.2, 0.25) is 0 Å². The number of rotatable bonds is 9. The number of hydrogen-bond donors (Lipinski definition) is 2. The molecule has 148 valence electrons. The van der Waals surface area contributed by atoms with E-state index in [2.05, 4.69) is 33.6 Å². The molecule has 0 amide bonds. The lowest BCUT2D eigenvalue weighted by Crippen LogP contribution is -2.38. The molecule has 0 saturated heterocycles. The fraction of sp³-hybridized carbons (Fsp3) is 0.400. The van der Waals surface area contributed by atoms with E-state index < -0.39 is 0 Å². The van der Waals surface area contributed by atoms with Gasteiger partial charge < -0.3 is 20.3 Å². The minimum atomic E-state index is 0. The molecule has 0 unspecified atom stereocenters. The first-order valence-corrected chi connectivity index (χ1v) is 9.02. The first kappa shape index (κ1) is 23.0. The lowest BCUT2D eigenvalue weighted by atomic mass is 10.2. The Morgan fingerprint density at radius 1 is 1.11 bits per heavy atom. The Morgan fingerprint density at radius 3 is 2.59 bits per heavy atom. The number of hydrogen-bond acceptors (Lipinski definition) is 4. The zero-order valence-corrected chi connectivity index (χ0v) is 18.6. The number of aromatic nitrogens is 1. The Hall–Kier alpha value is -2.03. The van der Waals surface area contributed by atoms with Gasteiger partial charge in [0.25, 0.3) is 0 Å². The summed E-state index contributed by atoms with van der Waals surface area (Å²) >= 11 is 0. The summed E-state index contributed by atoms with van der Waals surface area (Å²) in [4.78, 5) is 11.1. The molecule has 0 bridgehead atoms. The fourth-order valence-corrected chi connectivity index (χ4v) is 2.45. The van der Waals surface area contributed by atoms with Crippen molar-refractivity contribution in [2.45, 2.75) is 19.9 Å². The van der Waals surface area contributed by atoms with E-state index >= 15 is 0 Å². The van der Waals surface area contributed by atoms with Gasteiger partial charge in [0.15, 0.2) is 5.96 Å². The second-order valence-electron chi connectivity index (χ2n) is 6.02. The van der Waals surface area contributed by atoms with Crippen LogP contribution in [-0.2, 0) is 6.54 Å². The molecule has 6 nitrogen and oxygen atoms in total. The molecule has 2 aromatic rings. The summed E-state index contributed by atoms with van der Waals surface area (Å²) in [5, 5.41) is 6.62. The van der Waals surface area contributed by atoms with Crippen LogP contribution in [0.1, 0.15) is 18.9 Å². The quantitative estimate of drug-likeness (QED) is 0.248. The molecular formula is C20H30IN5O. The summed E-state index contributed by atoms with van der Waals surface area (Å²) in [6, 6.07) is 13.9. The topological polar surface area (TPSA) is 61.8 Å². The maximum Gasteiger partial charge on any atom is 0.191 e. The Bertz CT molecular complexity index is 679. The number of para-hydroxylation sites is 1. The predicted octanol–water partition coefficient (Wildman–Crippen LogP) is 3.29. The Morgan fingerprint density at radius 2 is 1.89 bits per heavy atom. The van der Waals surface area contributed by atoms with Crippen LogP contribution in [0.5, 0.6) is 5.75 Å². The van der Waals surface area contributed by atoms with Crippen LogP contribution in [0.3, 0.4) is 0 Å². The molecule has 0 radical (unpaired) electrons. The Labute approximate surface area is 179 Å². The van der Waals surface area contributed by atoms with Crippen LogP contribution in [0.2, 0.25) is 0 Å². The molecule has 0 aliphatic carbocycles. The van der Waals surface area contributed by atoms with Gasteiger partial charge in [-0.2, -0.15) is 0 Å². The van der Waals surface area contributed by atoms with Crippen LogP contribution in [0.25, 0.3) is 0 Å². The number of guanidine groups is 1. The summed E-state index contributed by atoms with van der Waals surface area (Å²) in [5.74, 6) is 2.66. The number of pyridine rings is 1. The van der Waals surface area contributed by atoms with E-state index in [4.69, 9.17) is 4.74 Å². The summed E-state index contributed by atoms with van der Waals surface area (Å²) in [7, 11) is 3.98. The van der Waals surface area contributed by atoms with Crippen molar-refractivity contribution in [2.24, 2.45) is 4.99 Å². The summed E-state index contributed by atoms with van der Waals surface area (Å²) < 4.78 is 5.71. The molecule has 1 aromatic carbocycles. The van der Waals surface area contributed by atoms with Gasteiger partial charge >= 0.3 is 0 Å². The molecule has 1 heterocycles. The minimum absolute atomic E-state index is 0. The molecular weight excluding hydrogens is 453 g/mol. The lowest BCUT2D eigenvalue weighted by molar-refractivity contribution is 0.311. The second kappa shape index (κ2) is 13.2. The Balaban J connectivity index is 0.00000364. The van der Waals surface area contributed by atoms with Crippen LogP contribution in [0.15, 0.2) is 53.7 Å². The summed E-state index contributed by atoms with van der Waals surface area (Å²) in [6.45, 7) is 4.93. The van der Waals surface area contributed by atoms with Crippen molar-refractivity contribution in [3.8, 4) is 5.75 Å². The maximum atomic E-state index is 5.71. The predicted molar refractivity (Wildman–Crippen MR) is 123 cm³/mol. The van der Waals surface area contributed by atoms with Crippen LogP contribution < -0.4 is 20.3 Å². The van der Waals surface area contributed by atoms with Gasteiger partial charge in [0, 0.05) is 38.9 Å².